The SMILES string of the molecule is CN(CCc1ccc2ncoc2c1)C(=O)C=O. The van der Waals surface area contributed by atoms with Crippen LogP contribution in [0.15, 0.2) is 29.0 Å². The van der Waals surface area contributed by atoms with Gasteiger partial charge in [-0.15, -0.1) is 0 Å². The van der Waals surface area contributed by atoms with Crippen molar-refractivity contribution < 1.29 is 14.0 Å². The van der Waals surface area contributed by atoms with Crippen molar-refractivity contribution >= 4 is 23.3 Å². The Bertz CT molecular complexity index is 547. The Kier molecular flexibility index (Phi) is 3.18. The lowest BCUT2D eigenvalue weighted by Gasteiger charge is -2.13. The molecule has 0 spiro atoms. The van der Waals surface area contributed by atoms with Crippen LogP contribution in [-0.2, 0) is 16.0 Å². The molecule has 1 heterocycles. The van der Waals surface area contributed by atoms with Gasteiger partial charge in [-0.25, -0.2) is 4.98 Å². The number of aldehydes is 1. The van der Waals surface area contributed by atoms with Crippen molar-refractivity contribution in [2.75, 3.05) is 13.6 Å². The number of aromatic nitrogens is 1. The van der Waals surface area contributed by atoms with Gasteiger partial charge in [-0.1, -0.05) is 6.07 Å². The first-order valence-electron chi connectivity index (χ1n) is 5.23. The molecule has 1 aromatic carbocycles. The van der Waals surface area contributed by atoms with E-state index >= 15 is 0 Å². The third-order valence-corrected chi connectivity index (χ3v) is 2.61. The van der Waals surface area contributed by atoms with Crippen molar-refractivity contribution in [3.63, 3.8) is 0 Å². The number of nitrogens with zero attached hydrogens (tertiary/aromatic N) is 2. The molecule has 17 heavy (non-hydrogen) atoms. The fourth-order valence-electron chi connectivity index (χ4n) is 1.55. The Hall–Kier alpha value is -2.17. The Balaban J connectivity index is 2.03. The molecule has 0 aliphatic heterocycles. The predicted octanol–water partition coefficient (Wildman–Crippen LogP) is 1.03. The minimum absolute atomic E-state index is 0.319. The molecule has 0 N–H and O–H groups in total. The van der Waals surface area contributed by atoms with Crippen LogP contribution in [0.1, 0.15) is 5.56 Å². The molecule has 0 atom stereocenters. The summed E-state index contributed by atoms with van der Waals surface area (Å²) < 4.78 is 5.19. The number of hydrogen-bond donors (Lipinski definition) is 0. The van der Waals surface area contributed by atoms with Crippen LogP contribution in [0.4, 0.5) is 0 Å². The molecule has 1 aromatic heterocycles. The number of rotatable bonds is 4. The van der Waals surface area contributed by atoms with Gasteiger partial charge in [-0.2, -0.15) is 0 Å². The average molecular weight is 232 g/mol. The summed E-state index contributed by atoms with van der Waals surface area (Å²) in [5, 5.41) is 0. The lowest BCUT2D eigenvalue weighted by Crippen LogP contribution is -2.29. The number of oxazole rings is 1. The molecule has 2 aromatic rings. The monoisotopic (exact) mass is 232 g/mol. The fraction of sp³-hybridized carbons (Fsp3) is 0.250. The molecule has 88 valence electrons. The molecule has 5 nitrogen and oxygen atoms in total. The maximum absolute atomic E-state index is 11.0. The summed E-state index contributed by atoms with van der Waals surface area (Å²) in [7, 11) is 1.60. The highest BCUT2D eigenvalue weighted by Gasteiger charge is 2.07. The Morgan fingerprint density at radius 1 is 1.53 bits per heavy atom. The molecule has 0 saturated carbocycles. The predicted molar refractivity (Wildman–Crippen MR) is 61.4 cm³/mol. The van der Waals surface area contributed by atoms with Crippen molar-refractivity contribution in [3.05, 3.63) is 30.2 Å². The Labute approximate surface area is 98.0 Å². The van der Waals surface area contributed by atoms with Crippen molar-refractivity contribution in [3.8, 4) is 0 Å². The summed E-state index contributed by atoms with van der Waals surface area (Å²) in [6.45, 7) is 0.497. The highest BCUT2D eigenvalue weighted by molar-refractivity contribution is 6.23. The van der Waals surface area contributed by atoms with E-state index in [1.807, 2.05) is 18.2 Å². The Morgan fingerprint density at radius 2 is 2.35 bits per heavy atom. The normalized spacial score (nSPS) is 10.4. The van der Waals surface area contributed by atoms with E-state index in [1.54, 1.807) is 7.05 Å². The number of carbonyl (C=O) groups is 2. The number of fused-ring (bicyclic) bond motifs is 1. The van der Waals surface area contributed by atoms with Crippen molar-refractivity contribution in [1.29, 1.82) is 0 Å². The van der Waals surface area contributed by atoms with Gasteiger partial charge < -0.3 is 9.32 Å². The lowest BCUT2D eigenvalue weighted by molar-refractivity contribution is -0.137. The van der Waals surface area contributed by atoms with Gasteiger partial charge in [0.2, 0.25) is 6.29 Å². The highest BCUT2D eigenvalue weighted by Crippen LogP contribution is 2.14. The summed E-state index contributed by atoms with van der Waals surface area (Å²) in [6.07, 6.45) is 2.39. The first kappa shape index (κ1) is 11.3. The van der Waals surface area contributed by atoms with Crippen LogP contribution in [0.2, 0.25) is 0 Å². The molecule has 0 aliphatic rings. The molecular formula is C12H12N2O3. The zero-order chi connectivity index (χ0) is 12.3. The second-order valence-corrected chi connectivity index (χ2v) is 3.78. The van der Waals surface area contributed by atoms with E-state index in [2.05, 4.69) is 4.98 Å². The van der Waals surface area contributed by atoms with Crippen molar-refractivity contribution in [2.45, 2.75) is 6.42 Å². The van der Waals surface area contributed by atoms with Crippen LogP contribution in [0.5, 0.6) is 0 Å². The summed E-state index contributed by atoms with van der Waals surface area (Å²) in [6, 6.07) is 5.70. The van der Waals surface area contributed by atoms with Gasteiger partial charge in [0.05, 0.1) is 0 Å². The summed E-state index contributed by atoms with van der Waals surface area (Å²) in [5.74, 6) is -0.509. The lowest BCUT2D eigenvalue weighted by atomic mass is 10.1. The minimum atomic E-state index is -0.509. The van der Waals surface area contributed by atoms with Crippen LogP contribution >= 0.6 is 0 Å². The molecule has 5 heteroatoms. The average Bonchev–Trinajstić information content (AvgIpc) is 2.82. The van der Waals surface area contributed by atoms with Gasteiger partial charge in [0, 0.05) is 13.6 Å². The van der Waals surface area contributed by atoms with Crippen LogP contribution in [0, 0.1) is 0 Å². The molecule has 0 bridgehead atoms. The van der Waals surface area contributed by atoms with E-state index in [0.29, 0.717) is 19.3 Å². The van der Waals surface area contributed by atoms with Crippen LogP contribution in [0.3, 0.4) is 0 Å². The molecule has 0 aliphatic carbocycles. The molecule has 0 radical (unpaired) electrons. The van der Waals surface area contributed by atoms with Crippen LogP contribution < -0.4 is 0 Å². The Morgan fingerprint density at radius 3 is 3.12 bits per heavy atom. The number of likely N-dealkylation sites (N-methyl/N-ethyl adjacent to an activating group) is 1. The summed E-state index contributed by atoms with van der Waals surface area (Å²) in [4.78, 5) is 26.7. The largest absolute Gasteiger partial charge is 0.443 e. The van der Waals surface area contributed by atoms with Crippen molar-refractivity contribution in [2.24, 2.45) is 0 Å². The standard InChI is InChI=1S/C12H12N2O3/c1-14(12(16)7-15)5-4-9-2-3-10-11(6-9)17-8-13-10/h2-3,6-8H,4-5H2,1H3. The summed E-state index contributed by atoms with van der Waals surface area (Å²) >= 11 is 0. The van der Waals surface area contributed by atoms with Crippen LogP contribution in [-0.4, -0.2) is 35.7 Å². The quantitative estimate of drug-likeness (QED) is 0.583. The zero-order valence-electron chi connectivity index (χ0n) is 9.42. The maximum atomic E-state index is 11.0. The van der Waals surface area contributed by atoms with E-state index in [0.717, 1.165) is 16.7 Å². The third kappa shape index (κ3) is 2.50. The highest BCUT2D eigenvalue weighted by atomic mass is 16.3. The van der Waals surface area contributed by atoms with Gasteiger partial charge >= 0.3 is 0 Å². The minimum Gasteiger partial charge on any atom is -0.443 e. The van der Waals surface area contributed by atoms with E-state index in [-0.39, 0.29) is 0 Å². The van der Waals surface area contributed by atoms with Gasteiger partial charge in [-0.05, 0) is 24.1 Å². The van der Waals surface area contributed by atoms with E-state index < -0.39 is 5.91 Å². The van der Waals surface area contributed by atoms with E-state index in [4.69, 9.17) is 4.42 Å². The zero-order valence-corrected chi connectivity index (χ0v) is 9.42. The number of amides is 1. The van der Waals surface area contributed by atoms with Crippen LogP contribution in [0.25, 0.3) is 11.1 Å². The molecule has 0 fully saturated rings. The molecule has 0 unspecified atom stereocenters. The molecular weight excluding hydrogens is 220 g/mol. The van der Waals surface area contributed by atoms with Gasteiger partial charge in [-0.3, -0.25) is 9.59 Å². The number of carbonyl (C=O) groups excluding carboxylic acids is 2. The third-order valence-electron chi connectivity index (χ3n) is 2.61. The molecule has 2 rings (SSSR count). The molecule has 0 saturated heterocycles. The molecule has 1 amide bonds. The van der Waals surface area contributed by atoms with Gasteiger partial charge in [0.15, 0.2) is 12.0 Å². The van der Waals surface area contributed by atoms with Gasteiger partial charge in [0.25, 0.3) is 5.91 Å². The van der Waals surface area contributed by atoms with E-state index in [9.17, 15) is 9.59 Å². The maximum Gasteiger partial charge on any atom is 0.286 e. The smallest absolute Gasteiger partial charge is 0.286 e. The topological polar surface area (TPSA) is 63.4 Å². The van der Waals surface area contributed by atoms with Gasteiger partial charge in [0.1, 0.15) is 5.52 Å². The van der Waals surface area contributed by atoms with Crippen molar-refractivity contribution in [1.82, 2.24) is 9.88 Å². The second kappa shape index (κ2) is 4.78. The second-order valence-electron chi connectivity index (χ2n) is 3.78. The first-order chi connectivity index (χ1) is 8.20. The number of benzene rings is 1. The first-order valence-corrected chi connectivity index (χ1v) is 5.23. The fourth-order valence-corrected chi connectivity index (χ4v) is 1.55. The summed E-state index contributed by atoms with van der Waals surface area (Å²) in [5.41, 5.74) is 2.58. The van der Waals surface area contributed by atoms with E-state index in [1.165, 1.54) is 11.3 Å². The number of hydrogen-bond acceptors (Lipinski definition) is 4.